The van der Waals surface area contributed by atoms with Crippen LogP contribution in [0.4, 0.5) is 9.39 Å². The van der Waals surface area contributed by atoms with Crippen molar-refractivity contribution < 1.29 is 4.39 Å². The topological polar surface area (TPSA) is 51.3 Å². The average molecular weight is 387 g/mol. The molecule has 0 spiro atoms. The quantitative estimate of drug-likeness (QED) is 0.347. The van der Waals surface area contributed by atoms with E-state index < -0.39 is 0 Å². The van der Waals surface area contributed by atoms with Gasteiger partial charge in [-0.1, -0.05) is 71.5 Å². The number of thiazole rings is 1. The third-order valence-electron chi connectivity index (χ3n) is 4.32. The van der Waals surface area contributed by atoms with Crippen molar-refractivity contribution in [3.63, 3.8) is 0 Å². The second kappa shape index (κ2) is 7.74. The Bertz CT molecular complexity index is 1110. The molecule has 0 aliphatic rings. The highest BCUT2D eigenvalue weighted by molar-refractivity contribution is 7.19. The number of aryl methyl sites for hydroxylation is 1. The summed E-state index contributed by atoms with van der Waals surface area (Å²) in [6, 6.07) is 24.1. The summed E-state index contributed by atoms with van der Waals surface area (Å²) in [5.74, 6) is 0.0252. The maximum absolute atomic E-state index is 13.2. The molecule has 2 N–H and O–H groups in total. The molecule has 0 radical (unpaired) electrons. The molecule has 0 bridgehead atoms. The lowest BCUT2D eigenvalue weighted by atomic mass is 10.1. The molecule has 1 aromatic heterocycles. The van der Waals surface area contributed by atoms with Crippen LogP contribution in [-0.4, -0.2) is 10.8 Å². The van der Waals surface area contributed by atoms with E-state index in [4.69, 9.17) is 10.7 Å². The Kier molecular flexibility index (Phi) is 5.00. The highest BCUT2D eigenvalue weighted by Gasteiger charge is 2.15. The molecule has 0 amide bonds. The molecule has 0 aliphatic heterocycles. The molecule has 3 nitrogen and oxygen atoms in total. The van der Waals surface area contributed by atoms with Gasteiger partial charge in [0.05, 0.1) is 0 Å². The van der Waals surface area contributed by atoms with Crippen LogP contribution in [0.5, 0.6) is 0 Å². The number of aromatic nitrogens is 1. The predicted octanol–water partition coefficient (Wildman–Crippen LogP) is 5.96. The van der Waals surface area contributed by atoms with E-state index in [1.807, 2.05) is 30.3 Å². The highest BCUT2D eigenvalue weighted by Crippen LogP contribution is 2.40. The first-order valence-electron chi connectivity index (χ1n) is 8.83. The SMILES string of the molecule is Cc1ccc(-c2nc(-c3ccccc3)c(/N=C(\N)c3ccc(F)cc3)s2)cc1. The van der Waals surface area contributed by atoms with Crippen molar-refractivity contribution in [1.82, 2.24) is 4.98 Å². The van der Waals surface area contributed by atoms with Crippen molar-refractivity contribution in [2.45, 2.75) is 6.92 Å². The minimum Gasteiger partial charge on any atom is -0.383 e. The summed E-state index contributed by atoms with van der Waals surface area (Å²) >= 11 is 1.49. The van der Waals surface area contributed by atoms with E-state index in [0.29, 0.717) is 11.4 Å². The zero-order valence-electron chi connectivity index (χ0n) is 15.3. The zero-order chi connectivity index (χ0) is 19.5. The predicted molar refractivity (Wildman–Crippen MR) is 115 cm³/mol. The maximum Gasteiger partial charge on any atom is 0.146 e. The normalized spacial score (nSPS) is 11.6. The van der Waals surface area contributed by atoms with E-state index in [1.54, 1.807) is 12.1 Å². The van der Waals surface area contributed by atoms with Crippen LogP contribution in [-0.2, 0) is 0 Å². The second-order valence-corrected chi connectivity index (χ2v) is 7.39. The fraction of sp³-hybridized carbons (Fsp3) is 0.0435. The summed E-state index contributed by atoms with van der Waals surface area (Å²) in [7, 11) is 0. The number of hydrogen-bond donors (Lipinski definition) is 1. The molecule has 138 valence electrons. The van der Waals surface area contributed by atoms with E-state index in [0.717, 1.165) is 26.8 Å². The molecule has 28 heavy (non-hydrogen) atoms. The van der Waals surface area contributed by atoms with Gasteiger partial charge in [0, 0.05) is 16.7 Å². The molecule has 5 heteroatoms. The summed E-state index contributed by atoms with van der Waals surface area (Å²) in [6.45, 7) is 2.06. The molecule has 3 aromatic carbocycles. The Morgan fingerprint density at radius 1 is 0.893 bits per heavy atom. The second-order valence-electron chi connectivity index (χ2n) is 6.41. The lowest BCUT2D eigenvalue weighted by Gasteiger charge is -2.02. The van der Waals surface area contributed by atoms with Crippen molar-refractivity contribution >= 4 is 22.2 Å². The Morgan fingerprint density at radius 2 is 1.57 bits per heavy atom. The third-order valence-corrected chi connectivity index (χ3v) is 5.32. The number of halogens is 1. The van der Waals surface area contributed by atoms with Gasteiger partial charge >= 0.3 is 0 Å². The maximum atomic E-state index is 13.2. The summed E-state index contributed by atoms with van der Waals surface area (Å²) < 4.78 is 13.2. The van der Waals surface area contributed by atoms with Gasteiger partial charge in [-0.05, 0) is 31.2 Å². The van der Waals surface area contributed by atoms with Crippen LogP contribution in [0.3, 0.4) is 0 Å². The molecule has 0 aliphatic carbocycles. The average Bonchev–Trinajstić information content (AvgIpc) is 3.13. The zero-order valence-corrected chi connectivity index (χ0v) is 16.1. The number of nitrogens with two attached hydrogens (primary N) is 1. The van der Waals surface area contributed by atoms with Gasteiger partial charge in [-0.15, -0.1) is 0 Å². The Hall–Kier alpha value is -3.31. The molecule has 1 heterocycles. The molecular weight excluding hydrogens is 369 g/mol. The van der Waals surface area contributed by atoms with Gasteiger partial charge in [0.25, 0.3) is 0 Å². The third kappa shape index (κ3) is 3.85. The van der Waals surface area contributed by atoms with Gasteiger partial charge in [0.15, 0.2) is 0 Å². The first kappa shape index (κ1) is 18.1. The van der Waals surface area contributed by atoms with E-state index in [2.05, 4.69) is 36.2 Å². The van der Waals surface area contributed by atoms with Gasteiger partial charge in [0.1, 0.15) is 27.4 Å². The largest absolute Gasteiger partial charge is 0.383 e. The van der Waals surface area contributed by atoms with Crippen molar-refractivity contribution in [1.29, 1.82) is 0 Å². The number of amidine groups is 1. The van der Waals surface area contributed by atoms with Crippen LogP contribution in [0.25, 0.3) is 21.8 Å². The van der Waals surface area contributed by atoms with E-state index in [9.17, 15) is 4.39 Å². The summed E-state index contributed by atoms with van der Waals surface area (Å²) in [6.07, 6.45) is 0. The van der Waals surface area contributed by atoms with Crippen LogP contribution >= 0.6 is 11.3 Å². The van der Waals surface area contributed by atoms with Crippen molar-refractivity contribution in [3.05, 3.63) is 95.8 Å². The monoisotopic (exact) mass is 387 g/mol. The first-order chi connectivity index (χ1) is 13.6. The molecule has 4 aromatic rings. The number of hydrogen-bond acceptors (Lipinski definition) is 3. The van der Waals surface area contributed by atoms with Gasteiger partial charge in [0.2, 0.25) is 0 Å². The Balaban J connectivity index is 1.81. The van der Waals surface area contributed by atoms with Crippen molar-refractivity contribution in [2.75, 3.05) is 0 Å². The molecule has 0 unspecified atom stereocenters. The Morgan fingerprint density at radius 3 is 2.25 bits per heavy atom. The lowest BCUT2D eigenvalue weighted by Crippen LogP contribution is -2.12. The summed E-state index contributed by atoms with van der Waals surface area (Å²) in [4.78, 5) is 9.46. The minimum absolute atomic E-state index is 0.305. The number of benzene rings is 3. The summed E-state index contributed by atoms with van der Waals surface area (Å²) in [5, 5.41) is 1.60. The highest BCUT2D eigenvalue weighted by atomic mass is 32.1. The van der Waals surface area contributed by atoms with Crippen LogP contribution in [0.15, 0.2) is 83.9 Å². The molecule has 0 atom stereocenters. The fourth-order valence-corrected chi connectivity index (χ4v) is 3.76. The number of nitrogens with zero attached hydrogens (tertiary/aromatic N) is 2. The molecule has 4 rings (SSSR count). The number of aliphatic imine (C=N–C) groups is 1. The van der Waals surface area contributed by atoms with E-state index in [1.165, 1.54) is 29.0 Å². The fourth-order valence-electron chi connectivity index (χ4n) is 2.79. The minimum atomic E-state index is -0.305. The van der Waals surface area contributed by atoms with Crippen LogP contribution in [0.1, 0.15) is 11.1 Å². The van der Waals surface area contributed by atoms with Gasteiger partial charge < -0.3 is 5.73 Å². The van der Waals surface area contributed by atoms with E-state index in [-0.39, 0.29) is 5.82 Å². The van der Waals surface area contributed by atoms with Gasteiger partial charge in [-0.2, -0.15) is 0 Å². The smallest absolute Gasteiger partial charge is 0.146 e. The van der Waals surface area contributed by atoms with Gasteiger partial charge in [-0.25, -0.2) is 14.4 Å². The number of rotatable bonds is 4. The van der Waals surface area contributed by atoms with E-state index >= 15 is 0 Å². The van der Waals surface area contributed by atoms with Crippen molar-refractivity contribution in [3.8, 4) is 21.8 Å². The molecule has 0 saturated carbocycles. The van der Waals surface area contributed by atoms with Crippen molar-refractivity contribution in [2.24, 2.45) is 10.7 Å². The Labute approximate surface area is 167 Å². The molecule has 0 fully saturated rings. The molecule has 0 saturated heterocycles. The van der Waals surface area contributed by atoms with Crippen LogP contribution in [0.2, 0.25) is 0 Å². The lowest BCUT2D eigenvalue weighted by molar-refractivity contribution is 0.628. The first-order valence-corrected chi connectivity index (χ1v) is 9.65. The van der Waals surface area contributed by atoms with Crippen LogP contribution < -0.4 is 5.73 Å². The standard InChI is InChI=1S/C23H18FN3S/c1-15-7-9-18(10-8-15)22-26-20(16-5-3-2-4-6-16)23(28-22)27-21(25)17-11-13-19(24)14-12-17/h2-14H,1H3,(H2,25,27). The van der Waals surface area contributed by atoms with Gasteiger partial charge in [-0.3, -0.25) is 0 Å². The van der Waals surface area contributed by atoms with Crippen LogP contribution in [0, 0.1) is 12.7 Å². The summed E-state index contributed by atoms with van der Waals surface area (Å²) in [5.41, 5.74) is 10.9. The molecular formula is C23H18FN3S.